The van der Waals surface area contributed by atoms with E-state index >= 15 is 0 Å². The first kappa shape index (κ1) is 15.7. The fraction of sp³-hybridized carbons (Fsp3) is 0.556. The Balaban J connectivity index is 1.91. The average Bonchev–Trinajstić information content (AvgIpc) is 2.47. The van der Waals surface area contributed by atoms with Gasteiger partial charge in [-0.1, -0.05) is 38.1 Å². The third kappa shape index (κ3) is 4.16. The van der Waals surface area contributed by atoms with E-state index in [0.29, 0.717) is 18.3 Å². The lowest BCUT2D eigenvalue weighted by atomic mass is 9.88. The van der Waals surface area contributed by atoms with Gasteiger partial charge in [0.05, 0.1) is 0 Å². The molecule has 21 heavy (non-hydrogen) atoms. The van der Waals surface area contributed by atoms with Gasteiger partial charge in [-0.2, -0.15) is 0 Å². The number of nitrogens with zero attached hydrogens (tertiary/aromatic N) is 1. The fourth-order valence-electron chi connectivity index (χ4n) is 2.93. The number of ketones is 1. The van der Waals surface area contributed by atoms with Gasteiger partial charge in [0, 0.05) is 25.1 Å². The van der Waals surface area contributed by atoms with Crippen molar-refractivity contribution in [3.63, 3.8) is 0 Å². The Morgan fingerprint density at radius 1 is 1.14 bits per heavy atom. The van der Waals surface area contributed by atoms with E-state index in [-0.39, 0.29) is 11.7 Å². The number of likely N-dealkylation sites (tertiary alicyclic amines) is 1. The summed E-state index contributed by atoms with van der Waals surface area (Å²) in [7, 11) is 0. The lowest BCUT2D eigenvalue weighted by molar-refractivity contribution is -0.133. The summed E-state index contributed by atoms with van der Waals surface area (Å²) in [4.78, 5) is 25.4. The second kappa shape index (κ2) is 6.88. The lowest BCUT2D eigenvalue weighted by Gasteiger charge is -2.32. The largest absolute Gasteiger partial charge is 0.343 e. The van der Waals surface area contributed by atoms with Crippen LogP contribution in [0.1, 0.15) is 61.9 Å². The summed E-state index contributed by atoms with van der Waals surface area (Å²) in [6.07, 6.45) is 2.69. The quantitative estimate of drug-likeness (QED) is 0.793. The lowest BCUT2D eigenvalue weighted by Crippen LogP contribution is -2.38. The maximum absolute atomic E-state index is 12.1. The molecular weight excluding hydrogens is 262 g/mol. The summed E-state index contributed by atoms with van der Waals surface area (Å²) in [6.45, 7) is 7.46. The van der Waals surface area contributed by atoms with Gasteiger partial charge in [-0.25, -0.2) is 0 Å². The minimum absolute atomic E-state index is 0.107. The Morgan fingerprint density at radius 3 is 2.19 bits per heavy atom. The summed E-state index contributed by atoms with van der Waals surface area (Å²) < 4.78 is 0. The maximum Gasteiger partial charge on any atom is 0.222 e. The van der Waals surface area contributed by atoms with Crippen molar-refractivity contribution < 1.29 is 9.59 Å². The highest BCUT2D eigenvalue weighted by molar-refractivity contribution is 5.94. The molecule has 0 unspecified atom stereocenters. The SMILES string of the molecule is CC(=O)c1ccc(C2CCN(C(=O)CC(C)C)CC2)cc1. The molecule has 0 radical (unpaired) electrons. The van der Waals surface area contributed by atoms with Crippen molar-refractivity contribution in [3.8, 4) is 0 Å². The first-order chi connectivity index (χ1) is 9.97. The molecule has 0 saturated carbocycles. The van der Waals surface area contributed by atoms with Crippen LogP contribution >= 0.6 is 0 Å². The van der Waals surface area contributed by atoms with Crippen molar-refractivity contribution in [1.29, 1.82) is 0 Å². The zero-order valence-electron chi connectivity index (χ0n) is 13.3. The molecule has 0 bridgehead atoms. The van der Waals surface area contributed by atoms with Crippen molar-refractivity contribution in [2.24, 2.45) is 5.92 Å². The third-order valence-corrected chi connectivity index (χ3v) is 4.22. The van der Waals surface area contributed by atoms with Crippen molar-refractivity contribution in [3.05, 3.63) is 35.4 Å². The van der Waals surface area contributed by atoms with Gasteiger partial charge in [-0.3, -0.25) is 9.59 Å². The number of piperidine rings is 1. The normalized spacial score (nSPS) is 16.3. The minimum Gasteiger partial charge on any atom is -0.343 e. The van der Waals surface area contributed by atoms with Crippen LogP contribution in [-0.2, 0) is 4.79 Å². The molecule has 114 valence electrons. The van der Waals surface area contributed by atoms with Crippen LogP contribution in [-0.4, -0.2) is 29.7 Å². The predicted molar refractivity (Wildman–Crippen MR) is 84.5 cm³/mol. The molecule has 0 N–H and O–H groups in total. The van der Waals surface area contributed by atoms with Crippen LogP contribution in [0.3, 0.4) is 0 Å². The Bertz CT molecular complexity index is 496. The fourth-order valence-corrected chi connectivity index (χ4v) is 2.93. The summed E-state index contributed by atoms with van der Waals surface area (Å²) in [6, 6.07) is 7.95. The second-order valence-corrected chi connectivity index (χ2v) is 6.43. The van der Waals surface area contributed by atoms with Crippen LogP contribution in [0.25, 0.3) is 0 Å². The molecule has 3 heteroatoms. The van der Waals surface area contributed by atoms with Crippen LogP contribution in [0.15, 0.2) is 24.3 Å². The Labute approximate surface area is 127 Å². The number of rotatable bonds is 4. The van der Waals surface area contributed by atoms with Gasteiger partial charge in [0.25, 0.3) is 0 Å². The first-order valence-electron chi connectivity index (χ1n) is 7.86. The van der Waals surface area contributed by atoms with E-state index in [4.69, 9.17) is 0 Å². The number of Topliss-reactive ketones (excluding diaryl/α,β-unsaturated/α-hetero) is 1. The Kier molecular flexibility index (Phi) is 5.16. The molecule has 0 aliphatic carbocycles. The van der Waals surface area contributed by atoms with Gasteiger partial charge in [0.1, 0.15) is 0 Å². The molecule has 0 spiro atoms. The van der Waals surface area contributed by atoms with Crippen LogP contribution in [0, 0.1) is 5.92 Å². The number of hydrogen-bond acceptors (Lipinski definition) is 2. The van der Waals surface area contributed by atoms with E-state index in [1.54, 1.807) is 6.92 Å². The number of carbonyl (C=O) groups excluding carboxylic acids is 2. The summed E-state index contributed by atoms with van der Waals surface area (Å²) in [5.41, 5.74) is 2.05. The summed E-state index contributed by atoms with van der Waals surface area (Å²) >= 11 is 0. The number of hydrogen-bond donors (Lipinski definition) is 0. The zero-order valence-corrected chi connectivity index (χ0v) is 13.3. The van der Waals surface area contributed by atoms with E-state index in [9.17, 15) is 9.59 Å². The van der Waals surface area contributed by atoms with Crippen LogP contribution in [0.5, 0.6) is 0 Å². The van der Waals surface area contributed by atoms with E-state index in [2.05, 4.69) is 26.0 Å². The number of carbonyl (C=O) groups is 2. The highest BCUT2D eigenvalue weighted by atomic mass is 16.2. The van der Waals surface area contributed by atoms with Gasteiger partial charge >= 0.3 is 0 Å². The molecular formula is C18H25NO2. The average molecular weight is 287 g/mol. The summed E-state index contributed by atoms with van der Waals surface area (Å²) in [5, 5.41) is 0. The molecule has 1 saturated heterocycles. The highest BCUT2D eigenvalue weighted by Crippen LogP contribution is 2.28. The third-order valence-electron chi connectivity index (χ3n) is 4.22. The van der Waals surface area contributed by atoms with Gasteiger partial charge in [0.2, 0.25) is 5.91 Å². The molecule has 1 aromatic carbocycles. The topological polar surface area (TPSA) is 37.4 Å². The predicted octanol–water partition coefficient (Wildman–Crippen LogP) is 3.64. The van der Waals surface area contributed by atoms with Crippen LogP contribution in [0.2, 0.25) is 0 Å². The molecule has 1 heterocycles. The molecule has 1 amide bonds. The van der Waals surface area contributed by atoms with Crippen molar-refractivity contribution >= 4 is 11.7 Å². The maximum atomic E-state index is 12.1. The van der Waals surface area contributed by atoms with Crippen LogP contribution < -0.4 is 0 Å². The monoisotopic (exact) mass is 287 g/mol. The molecule has 1 aliphatic heterocycles. The van der Waals surface area contributed by atoms with Gasteiger partial charge < -0.3 is 4.90 Å². The summed E-state index contributed by atoms with van der Waals surface area (Å²) in [5.74, 6) is 1.33. The van der Waals surface area contributed by atoms with Crippen molar-refractivity contribution in [2.45, 2.75) is 46.0 Å². The number of amides is 1. The van der Waals surface area contributed by atoms with E-state index in [1.807, 2.05) is 17.0 Å². The van der Waals surface area contributed by atoms with E-state index < -0.39 is 0 Å². The van der Waals surface area contributed by atoms with Gasteiger partial charge in [0.15, 0.2) is 5.78 Å². The van der Waals surface area contributed by atoms with Gasteiger partial charge in [-0.05, 0) is 37.2 Å². The molecule has 2 rings (SSSR count). The van der Waals surface area contributed by atoms with Crippen LogP contribution in [0.4, 0.5) is 0 Å². The molecule has 3 nitrogen and oxygen atoms in total. The molecule has 1 fully saturated rings. The van der Waals surface area contributed by atoms with Crippen molar-refractivity contribution in [1.82, 2.24) is 4.90 Å². The Morgan fingerprint density at radius 2 is 1.71 bits per heavy atom. The first-order valence-corrected chi connectivity index (χ1v) is 7.86. The molecule has 0 atom stereocenters. The highest BCUT2D eigenvalue weighted by Gasteiger charge is 2.24. The standard InChI is InChI=1S/C18H25NO2/c1-13(2)12-18(21)19-10-8-17(9-11-19)16-6-4-15(5-7-16)14(3)20/h4-7,13,17H,8-12H2,1-3H3. The molecule has 1 aromatic rings. The smallest absolute Gasteiger partial charge is 0.222 e. The van der Waals surface area contributed by atoms with E-state index in [1.165, 1.54) is 5.56 Å². The van der Waals surface area contributed by atoms with Gasteiger partial charge in [-0.15, -0.1) is 0 Å². The van der Waals surface area contributed by atoms with Crippen molar-refractivity contribution in [2.75, 3.05) is 13.1 Å². The molecule has 1 aliphatic rings. The second-order valence-electron chi connectivity index (χ2n) is 6.43. The minimum atomic E-state index is 0.107. The zero-order chi connectivity index (χ0) is 15.4. The van der Waals surface area contributed by atoms with E-state index in [0.717, 1.165) is 31.5 Å². The molecule has 0 aromatic heterocycles. The number of benzene rings is 1. The Hall–Kier alpha value is -1.64.